The average Bonchev–Trinajstić information content (AvgIpc) is 3.07. The van der Waals surface area contributed by atoms with Gasteiger partial charge in [-0.25, -0.2) is 0 Å². The molecule has 0 bridgehead atoms. The number of anilines is 2. The number of amides is 1. The highest BCUT2D eigenvalue weighted by Crippen LogP contribution is 2.22. The number of halogens is 1. The summed E-state index contributed by atoms with van der Waals surface area (Å²) >= 11 is 7.33. The van der Waals surface area contributed by atoms with E-state index in [1.165, 1.54) is 11.8 Å². The molecule has 0 atom stereocenters. The second-order valence-corrected chi connectivity index (χ2v) is 7.71. The summed E-state index contributed by atoms with van der Waals surface area (Å²) in [5.74, 6) is 1.68. The van der Waals surface area contributed by atoms with E-state index < -0.39 is 0 Å². The molecule has 1 amide bonds. The standard InChI is InChI=1S/C20H22ClN5O2S/c1-13-4-5-14(21)10-17(13)23-19(27)12-29-20-25-24-18(26(20)2)11-22-15-6-8-16(28-3)9-7-15/h4-10,22H,11-12H2,1-3H3,(H,23,27). The number of carbonyl (C=O) groups excluding carboxylic acids is 1. The molecule has 3 rings (SSSR count). The quantitative estimate of drug-likeness (QED) is 0.522. The number of benzene rings is 2. The van der Waals surface area contributed by atoms with Gasteiger partial charge in [-0.15, -0.1) is 10.2 Å². The van der Waals surface area contributed by atoms with E-state index in [0.29, 0.717) is 22.4 Å². The first-order chi connectivity index (χ1) is 14.0. The summed E-state index contributed by atoms with van der Waals surface area (Å²) in [7, 11) is 3.52. The van der Waals surface area contributed by atoms with Crippen LogP contribution >= 0.6 is 23.4 Å². The van der Waals surface area contributed by atoms with Crippen LogP contribution in [-0.4, -0.2) is 33.5 Å². The minimum Gasteiger partial charge on any atom is -0.497 e. The molecular formula is C20H22ClN5O2S. The van der Waals surface area contributed by atoms with Gasteiger partial charge in [-0.1, -0.05) is 29.4 Å². The van der Waals surface area contributed by atoms with Gasteiger partial charge in [-0.05, 0) is 48.9 Å². The van der Waals surface area contributed by atoms with Crippen molar-refractivity contribution >= 4 is 40.6 Å². The third-order valence-corrected chi connectivity index (χ3v) is 5.53. The van der Waals surface area contributed by atoms with Crippen LogP contribution < -0.4 is 15.4 Å². The van der Waals surface area contributed by atoms with Gasteiger partial charge < -0.3 is 19.9 Å². The molecular weight excluding hydrogens is 410 g/mol. The monoisotopic (exact) mass is 431 g/mol. The highest BCUT2D eigenvalue weighted by Gasteiger charge is 2.12. The molecule has 3 aromatic rings. The number of hydrogen-bond acceptors (Lipinski definition) is 6. The molecule has 2 aromatic carbocycles. The SMILES string of the molecule is COc1ccc(NCc2nnc(SCC(=O)Nc3cc(Cl)ccc3C)n2C)cc1. The lowest BCUT2D eigenvalue weighted by atomic mass is 10.2. The topological polar surface area (TPSA) is 81.1 Å². The van der Waals surface area contributed by atoms with Crippen molar-refractivity contribution in [3.8, 4) is 5.75 Å². The lowest BCUT2D eigenvalue weighted by Gasteiger charge is -2.09. The summed E-state index contributed by atoms with van der Waals surface area (Å²) in [6.45, 7) is 2.44. The van der Waals surface area contributed by atoms with E-state index in [1.54, 1.807) is 19.2 Å². The maximum Gasteiger partial charge on any atom is 0.234 e. The van der Waals surface area contributed by atoms with Crippen LogP contribution in [0.5, 0.6) is 5.75 Å². The van der Waals surface area contributed by atoms with Crippen LogP contribution in [0.25, 0.3) is 0 Å². The van der Waals surface area contributed by atoms with E-state index in [-0.39, 0.29) is 11.7 Å². The Balaban J connectivity index is 1.53. The third kappa shape index (κ3) is 5.65. The number of aromatic nitrogens is 3. The number of hydrogen-bond donors (Lipinski definition) is 2. The first-order valence-electron chi connectivity index (χ1n) is 8.91. The molecule has 0 aliphatic rings. The van der Waals surface area contributed by atoms with Gasteiger partial charge in [-0.2, -0.15) is 0 Å². The Morgan fingerprint density at radius 1 is 1.21 bits per heavy atom. The zero-order valence-electron chi connectivity index (χ0n) is 16.4. The Hall–Kier alpha value is -2.71. The predicted octanol–water partition coefficient (Wildman–Crippen LogP) is 4.13. The predicted molar refractivity (Wildman–Crippen MR) is 117 cm³/mol. The van der Waals surface area contributed by atoms with Crippen molar-refractivity contribution in [1.82, 2.24) is 14.8 Å². The van der Waals surface area contributed by atoms with Gasteiger partial charge in [0.1, 0.15) is 5.75 Å². The minimum absolute atomic E-state index is 0.124. The van der Waals surface area contributed by atoms with Crippen molar-refractivity contribution in [3.05, 3.63) is 58.9 Å². The molecule has 0 saturated carbocycles. The van der Waals surface area contributed by atoms with Crippen molar-refractivity contribution in [3.63, 3.8) is 0 Å². The summed E-state index contributed by atoms with van der Waals surface area (Å²) < 4.78 is 7.03. The molecule has 2 N–H and O–H groups in total. The molecule has 9 heteroatoms. The summed E-state index contributed by atoms with van der Waals surface area (Å²) in [4.78, 5) is 12.3. The van der Waals surface area contributed by atoms with Gasteiger partial charge in [0.15, 0.2) is 11.0 Å². The minimum atomic E-state index is -0.124. The molecule has 0 saturated heterocycles. The second kappa shape index (κ2) is 9.67. The summed E-state index contributed by atoms with van der Waals surface area (Å²) in [6.07, 6.45) is 0. The summed E-state index contributed by atoms with van der Waals surface area (Å²) in [5, 5.41) is 15.8. The highest BCUT2D eigenvalue weighted by atomic mass is 35.5. The molecule has 0 aliphatic carbocycles. The Bertz CT molecular complexity index is 991. The molecule has 0 aliphatic heterocycles. The number of nitrogens with one attached hydrogen (secondary N) is 2. The molecule has 7 nitrogen and oxygen atoms in total. The molecule has 152 valence electrons. The van der Waals surface area contributed by atoms with E-state index in [0.717, 1.165) is 22.8 Å². The maximum atomic E-state index is 12.3. The number of methoxy groups -OCH3 is 1. The van der Waals surface area contributed by atoms with Gasteiger partial charge >= 0.3 is 0 Å². The van der Waals surface area contributed by atoms with E-state index in [4.69, 9.17) is 16.3 Å². The molecule has 0 spiro atoms. The van der Waals surface area contributed by atoms with Crippen molar-refractivity contribution in [2.45, 2.75) is 18.6 Å². The molecule has 0 fully saturated rings. The van der Waals surface area contributed by atoms with Crippen LogP contribution in [0.2, 0.25) is 5.02 Å². The zero-order chi connectivity index (χ0) is 20.8. The first-order valence-corrected chi connectivity index (χ1v) is 10.3. The maximum absolute atomic E-state index is 12.3. The third-order valence-electron chi connectivity index (χ3n) is 4.27. The van der Waals surface area contributed by atoms with Crippen molar-refractivity contribution in [1.29, 1.82) is 0 Å². The number of nitrogens with zero attached hydrogens (tertiary/aromatic N) is 3. The lowest BCUT2D eigenvalue weighted by Crippen LogP contribution is -2.15. The molecule has 0 radical (unpaired) electrons. The zero-order valence-corrected chi connectivity index (χ0v) is 18.0. The van der Waals surface area contributed by atoms with Gasteiger partial charge in [0.25, 0.3) is 0 Å². The first kappa shape index (κ1) is 21.0. The van der Waals surface area contributed by atoms with Crippen molar-refractivity contribution in [2.75, 3.05) is 23.5 Å². The van der Waals surface area contributed by atoms with Gasteiger partial charge in [0.05, 0.1) is 19.4 Å². The van der Waals surface area contributed by atoms with Crippen LogP contribution in [0.1, 0.15) is 11.4 Å². The largest absolute Gasteiger partial charge is 0.497 e. The van der Waals surface area contributed by atoms with Crippen LogP contribution in [0.15, 0.2) is 47.6 Å². The van der Waals surface area contributed by atoms with Gasteiger partial charge in [0, 0.05) is 23.4 Å². The van der Waals surface area contributed by atoms with Crippen LogP contribution in [0, 0.1) is 6.92 Å². The second-order valence-electron chi connectivity index (χ2n) is 6.34. The van der Waals surface area contributed by atoms with Crippen molar-refractivity contribution in [2.24, 2.45) is 7.05 Å². The summed E-state index contributed by atoms with van der Waals surface area (Å²) in [5.41, 5.74) is 2.63. The summed E-state index contributed by atoms with van der Waals surface area (Å²) in [6, 6.07) is 13.1. The number of aryl methyl sites for hydroxylation is 1. The van der Waals surface area contributed by atoms with Gasteiger partial charge in [-0.3, -0.25) is 4.79 Å². The number of carbonyl (C=O) groups is 1. The lowest BCUT2D eigenvalue weighted by molar-refractivity contribution is -0.113. The Morgan fingerprint density at radius 3 is 2.69 bits per heavy atom. The molecule has 1 aromatic heterocycles. The fraction of sp³-hybridized carbons (Fsp3) is 0.250. The smallest absolute Gasteiger partial charge is 0.234 e. The average molecular weight is 432 g/mol. The van der Waals surface area contributed by atoms with E-state index in [9.17, 15) is 4.79 Å². The number of ether oxygens (including phenoxy) is 1. The Labute approximate surface area is 178 Å². The molecule has 1 heterocycles. The van der Waals surface area contributed by atoms with E-state index in [2.05, 4.69) is 20.8 Å². The van der Waals surface area contributed by atoms with Crippen LogP contribution in [0.4, 0.5) is 11.4 Å². The fourth-order valence-electron chi connectivity index (χ4n) is 2.56. The fourth-order valence-corrected chi connectivity index (χ4v) is 3.46. The van der Waals surface area contributed by atoms with Crippen LogP contribution in [0.3, 0.4) is 0 Å². The molecule has 29 heavy (non-hydrogen) atoms. The normalized spacial score (nSPS) is 10.6. The van der Waals surface area contributed by atoms with Crippen molar-refractivity contribution < 1.29 is 9.53 Å². The van der Waals surface area contributed by atoms with E-state index >= 15 is 0 Å². The molecule has 0 unspecified atom stereocenters. The van der Waals surface area contributed by atoms with Crippen LogP contribution in [-0.2, 0) is 18.4 Å². The van der Waals surface area contributed by atoms with E-state index in [1.807, 2.05) is 48.9 Å². The number of thioether (sulfide) groups is 1. The highest BCUT2D eigenvalue weighted by molar-refractivity contribution is 7.99. The Kier molecular flexibility index (Phi) is 7.00. The number of rotatable bonds is 8. The van der Waals surface area contributed by atoms with Gasteiger partial charge in [0.2, 0.25) is 5.91 Å². The Morgan fingerprint density at radius 2 is 1.97 bits per heavy atom.